The molecule has 1 aliphatic rings. The molecule has 0 atom stereocenters. The second-order valence-electron chi connectivity index (χ2n) is 4.30. The molecule has 16 heavy (non-hydrogen) atoms. The van der Waals surface area contributed by atoms with Gasteiger partial charge in [-0.1, -0.05) is 42.6 Å². The van der Waals surface area contributed by atoms with Crippen molar-refractivity contribution < 1.29 is 9.60 Å². The lowest BCUT2D eigenvalue weighted by molar-refractivity contribution is 0.310. The minimum Gasteiger partial charge on any atom is -0.411 e. The van der Waals surface area contributed by atoms with Gasteiger partial charge in [0.1, 0.15) is 5.82 Å². The summed E-state index contributed by atoms with van der Waals surface area (Å²) in [6, 6.07) is 6.50. The third kappa shape index (κ3) is 2.23. The summed E-state index contributed by atoms with van der Waals surface area (Å²) in [5, 5.41) is 12.4. The molecule has 0 saturated heterocycles. The number of benzene rings is 1. The third-order valence-corrected chi connectivity index (χ3v) is 3.25. The molecule has 2 nitrogen and oxygen atoms in total. The number of rotatable bonds is 2. The van der Waals surface area contributed by atoms with E-state index in [4.69, 9.17) is 5.21 Å². The molecule has 1 N–H and O–H groups in total. The van der Waals surface area contributed by atoms with E-state index in [1.807, 2.05) is 0 Å². The first kappa shape index (κ1) is 11.1. The molecule has 0 unspecified atom stereocenters. The molecule has 0 spiro atoms. The summed E-state index contributed by atoms with van der Waals surface area (Å²) in [7, 11) is 0. The highest BCUT2D eigenvalue weighted by Gasteiger charge is 2.22. The van der Waals surface area contributed by atoms with Gasteiger partial charge in [-0.3, -0.25) is 0 Å². The first-order chi connectivity index (χ1) is 7.83. The van der Waals surface area contributed by atoms with Gasteiger partial charge in [-0.2, -0.15) is 0 Å². The van der Waals surface area contributed by atoms with Crippen LogP contribution < -0.4 is 0 Å². The van der Waals surface area contributed by atoms with Crippen molar-refractivity contribution in [3.8, 4) is 0 Å². The van der Waals surface area contributed by atoms with E-state index in [2.05, 4.69) is 5.16 Å². The van der Waals surface area contributed by atoms with Crippen LogP contribution in [-0.4, -0.2) is 10.9 Å². The van der Waals surface area contributed by atoms with Crippen molar-refractivity contribution in [1.82, 2.24) is 0 Å². The second-order valence-corrected chi connectivity index (χ2v) is 4.30. The zero-order chi connectivity index (χ0) is 11.4. The lowest BCUT2D eigenvalue weighted by atomic mass is 9.83. The molecular formula is C13H16FNO. The maximum Gasteiger partial charge on any atom is 0.132 e. The van der Waals surface area contributed by atoms with E-state index in [-0.39, 0.29) is 11.7 Å². The van der Waals surface area contributed by atoms with Crippen LogP contribution in [0.1, 0.15) is 37.7 Å². The molecule has 0 aromatic heterocycles. The van der Waals surface area contributed by atoms with Crippen LogP contribution in [0.2, 0.25) is 0 Å². The van der Waals surface area contributed by atoms with Crippen LogP contribution >= 0.6 is 0 Å². The van der Waals surface area contributed by atoms with Crippen LogP contribution in [-0.2, 0) is 0 Å². The summed E-state index contributed by atoms with van der Waals surface area (Å²) in [6.07, 6.45) is 5.49. The molecule has 1 aromatic rings. The first-order valence-corrected chi connectivity index (χ1v) is 5.80. The van der Waals surface area contributed by atoms with Gasteiger partial charge in [0, 0.05) is 11.5 Å². The molecule has 3 heteroatoms. The van der Waals surface area contributed by atoms with Crippen LogP contribution in [0.3, 0.4) is 0 Å². The normalized spacial score (nSPS) is 18.7. The lowest BCUT2D eigenvalue weighted by Crippen LogP contribution is -2.20. The molecule has 0 aliphatic heterocycles. The molecule has 2 rings (SSSR count). The summed E-state index contributed by atoms with van der Waals surface area (Å²) < 4.78 is 13.6. The van der Waals surface area contributed by atoms with Crippen molar-refractivity contribution in [3.05, 3.63) is 35.6 Å². The smallest absolute Gasteiger partial charge is 0.132 e. The number of nitrogens with zero attached hydrogens (tertiary/aromatic N) is 1. The molecule has 0 bridgehead atoms. The topological polar surface area (TPSA) is 32.6 Å². The van der Waals surface area contributed by atoms with E-state index < -0.39 is 0 Å². The van der Waals surface area contributed by atoms with Gasteiger partial charge in [0.15, 0.2) is 0 Å². The Labute approximate surface area is 94.8 Å². The number of hydrogen-bond donors (Lipinski definition) is 1. The van der Waals surface area contributed by atoms with Gasteiger partial charge >= 0.3 is 0 Å². The Kier molecular flexibility index (Phi) is 3.54. The van der Waals surface area contributed by atoms with Crippen molar-refractivity contribution in [1.29, 1.82) is 0 Å². The fourth-order valence-corrected chi connectivity index (χ4v) is 2.40. The van der Waals surface area contributed by atoms with E-state index in [9.17, 15) is 4.39 Å². The Balaban J connectivity index is 2.26. The van der Waals surface area contributed by atoms with Crippen molar-refractivity contribution >= 4 is 5.71 Å². The first-order valence-electron chi connectivity index (χ1n) is 5.80. The molecule has 1 saturated carbocycles. The van der Waals surface area contributed by atoms with Crippen LogP contribution in [0.5, 0.6) is 0 Å². The molecule has 0 radical (unpaired) electrons. The fraction of sp³-hybridized carbons (Fsp3) is 0.462. The predicted molar refractivity (Wildman–Crippen MR) is 61.3 cm³/mol. The summed E-state index contributed by atoms with van der Waals surface area (Å²) in [5.41, 5.74) is 0.953. The monoisotopic (exact) mass is 221 g/mol. The maximum absolute atomic E-state index is 13.6. The Hall–Kier alpha value is -1.38. The Morgan fingerprint density at radius 2 is 1.88 bits per heavy atom. The summed E-state index contributed by atoms with van der Waals surface area (Å²) >= 11 is 0. The highest BCUT2D eigenvalue weighted by molar-refractivity contribution is 6.02. The number of halogens is 1. The van der Waals surface area contributed by atoms with Crippen molar-refractivity contribution in [2.75, 3.05) is 0 Å². The van der Waals surface area contributed by atoms with Gasteiger partial charge in [0.25, 0.3) is 0 Å². The summed E-state index contributed by atoms with van der Waals surface area (Å²) in [5.74, 6) is -0.100. The van der Waals surface area contributed by atoms with Gasteiger partial charge in [-0.25, -0.2) is 4.39 Å². The lowest BCUT2D eigenvalue weighted by Gasteiger charge is -2.22. The van der Waals surface area contributed by atoms with E-state index in [0.29, 0.717) is 11.3 Å². The minimum atomic E-state index is -0.305. The Morgan fingerprint density at radius 3 is 2.50 bits per heavy atom. The van der Waals surface area contributed by atoms with Crippen LogP contribution in [0.4, 0.5) is 4.39 Å². The Morgan fingerprint density at radius 1 is 1.19 bits per heavy atom. The van der Waals surface area contributed by atoms with E-state index >= 15 is 0 Å². The van der Waals surface area contributed by atoms with E-state index in [0.717, 1.165) is 25.7 Å². The minimum absolute atomic E-state index is 0.204. The zero-order valence-electron chi connectivity index (χ0n) is 9.19. The Bertz CT molecular complexity index is 383. The van der Waals surface area contributed by atoms with Gasteiger partial charge < -0.3 is 5.21 Å². The molecule has 1 aliphatic carbocycles. The van der Waals surface area contributed by atoms with Crippen molar-refractivity contribution in [3.63, 3.8) is 0 Å². The SMILES string of the molecule is O/N=C(/c1ccccc1F)C1CCCCC1. The highest BCUT2D eigenvalue weighted by Crippen LogP contribution is 2.28. The summed E-state index contributed by atoms with van der Waals surface area (Å²) in [6.45, 7) is 0. The molecule has 0 heterocycles. The molecule has 1 aromatic carbocycles. The fourth-order valence-electron chi connectivity index (χ4n) is 2.40. The van der Waals surface area contributed by atoms with Gasteiger partial charge in [-0.15, -0.1) is 0 Å². The third-order valence-electron chi connectivity index (χ3n) is 3.25. The highest BCUT2D eigenvalue weighted by atomic mass is 19.1. The summed E-state index contributed by atoms with van der Waals surface area (Å²) in [4.78, 5) is 0. The maximum atomic E-state index is 13.6. The van der Waals surface area contributed by atoms with Crippen LogP contribution in [0, 0.1) is 11.7 Å². The quantitative estimate of drug-likeness (QED) is 0.462. The average Bonchev–Trinajstić information content (AvgIpc) is 2.34. The van der Waals surface area contributed by atoms with E-state index in [1.165, 1.54) is 12.5 Å². The molecule has 86 valence electrons. The van der Waals surface area contributed by atoms with Gasteiger partial charge in [0.2, 0.25) is 0 Å². The number of oxime groups is 1. The zero-order valence-corrected chi connectivity index (χ0v) is 9.19. The second kappa shape index (κ2) is 5.10. The van der Waals surface area contributed by atoms with Gasteiger partial charge in [-0.05, 0) is 18.9 Å². The largest absolute Gasteiger partial charge is 0.411 e. The number of hydrogen-bond acceptors (Lipinski definition) is 2. The van der Waals surface area contributed by atoms with Crippen LogP contribution in [0.25, 0.3) is 0 Å². The molecular weight excluding hydrogens is 205 g/mol. The standard InChI is InChI=1S/C13H16FNO/c14-12-9-5-4-8-11(12)13(15-16)10-6-2-1-3-7-10/h4-5,8-10,16H,1-3,6-7H2/b15-13+. The van der Waals surface area contributed by atoms with Crippen molar-refractivity contribution in [2.45, 2.75) is 32.1 Å². The predicted octanol–water partition coefficient (Wildman–Crippen LogP) is 3.58. The molecule has 0 amide bonds. The van der Waals surface area contributed by atoms with Gasteiger partial charge in [0.05, 0.1) is 5.71 Å². The van der Waals surface area contributed by atoms with Crippen molar-refractivity contribution in [2.24, 2.45) is 11.1 Å². The molecule has 1 fully saturated rings. The average molecular weight is 221 g/mol. The van der Waals surface area contributed by atoms with E-state index in [1.54, 1.807) is 18.2 Å². The van der Waals surface area contributed by atoms with Crippen LogP contribution in [0.15, 0.2) is 29.4 Å².